The van der Waals surface area contributed by atoms with Crippen LogP contribution in [0.25, 0.3) is 11.3 Å². The molecule has 0 unspecified atom stereocenters. The summed E-state index contributed by atoms with van der Waals surface area (Å²) >= 11 is 0. The quantitative estimate of drug-likeness (QED) is 0.883. The second-order valence-electron chi connectivity index (χ2n) is 3.84. The Bertz CT molecular complexity index is 671. The molecule has 0 aliphatic heterocycles. The maximum Gasteiger partial charge on any atom is 0.417 e. The Hall–Kier alpha value is -2.64. The molecule has 2 aromatic rings. The van der Waals surface area contributed by atoms with Crippen LogP contribution in [0, 0.1) is 0 Å². The van der Waals surface area contributed by atoms with Crippen molar-refractivity contribution in [2.24, 2.45) is 0 Å². The van der Waals surface area contributed by atoms with Crippen molar-refractivity contribution in [3.8, 4) is 11.3 Å². The van der Waals surface area contributed by atoms with E-state index < -0.39 is 23.4 Å². The molecule has 0 aliphatic rings. The number of aromatic nitrogens is 2. The van der Waals surface area contributed by atoms with E-state index in [2.05, 4.69) is 9.97 Å². The lowest BCUT2D eigenvalue weighted by Crippen LogP contribution is -2.11. The summed E-state index contributed by atoms with van der Waals surface area (Å²) in [6.45, 7) is 0. The minimum absolute atomic E-state index is 0.204. The van der Waals surface area contributed by atoms with Gasteiger partial charge in [0.15, 0.2) is 11.5 Å². The summed E-state index contributed by atoms with van der Waals surface area (Å²) in [4.78, 5) is 18.1. The number of hydrogen-bond acceptors (Lipinski definition) is 4. The van der Waals surface area contributed by atoms with Crippen LogP contribution in [-0.2, 0) is 6.18 Å². The molecule has 0 amide bonds. The van der Waals surface area contributed by atoms with Gasteiger partial charge in [-0.3, -0.25) is 0 Å². The summed E-state index contributed by atoms with van der Waals surface area (Å²) < 4.78 is 38.6. The van der Waals surface area contributed by atoms with Gasteiger partial charge in [0, 0.05) is 5.56 Å². The van der Waals surface area contributed by atoms with E-state index in [-0.39, 0.29) is 17.1 Å². The second kappa shape index (κ2) is 4.80. The smallest absolute Gasteiger partial charge is 0.417 e. The summed E-state index contributed by atoms with van der Waals surface area (Å²) in [7, 11) is 0. The largest absolute Gasteiger partial charge is 0.476 e. The van der Waals surface area contributed by atoms with Crippen LogP contribution in [0.2, 0.25) is 0 Å². The number of aromatic carboxylic acids is 1. The van der Waals surface area contributed by atoms with Crippen LogP contribution >= 0.6 is 0 Å². The first-order valence-electron chi connectivity index (χ1n) is 5.33. The van der Waals surface area contributed by atoms with E-state index in [4.69, 9.17) is 10.8 Å². The third-order valence-corrected chi connectivity index (χ3v) is 2.51. The Kier molecular flexibility index (Phi) is 3.31. The van der Waals surface area contributed by atoms with Gasteiger partial charge in [0.25, 0.3) is 0 Å². The first kappa shape index (κ1) is 13.8. The summed E-state index contributed by atoms with van der Waals surface area (Å²) in [5, 5.41) is 8.86. The minimum atomic E-state index is -4.58. The Morgan fingerprint density at radius 3 is 2.50 bits per heavy atom. The van der Waals surface area contributed by atoms with Crippen molar-refractivity contribution in [1.82, 2.24) is 9.97 Å². The predicted octanol–water partition coefficient (Wildman–Crippen LogP) is 2.44. The number of nitrogens with two attached hydrogens (primary N) is 1. The lowest BCUT2D eigenvalue weighted by atomic mass is 10.0. The molecule has 20 heavy (non-hydrogen) atoms. The van der Waals surface area contributed by atoms with Gasteiger partial charge in [-0.25, -0.2) is 14.8 Å². The summed E-state index contributed by atoms with van der Waals surface area (Å²) in [5.74, 6) is -1.81. The normalized spacial score (nSPS) is 11.3. The molecule has 2 rings (SSSR count). The molecule has 1 heterocycles. The van der Waals surface area contributed by atoms with E-state index in [1.54, 1.807) is 0 Å². The molecular weight excluding hydrogens is 275 g/mol. The van der Waals surface area contributed by atoms with Gasteiger partial charge in [-0.1, -0.05) is 18.2 Å². The number of rotatable bonds is 2. The van der Waals surface area contributed by atoms with Crippen molar-refractivity contribution >= 4 is 11.8 Å². The molecule has 0 fully saturated rings. The molecule has 0 saturated heterocycles. The fraction of sp³-hybridized carbons (Fsp3) is 0.0833. The van der Waals surface area contributed by atoms with E-state index in [1.165, 1.54) is 18.2 Å². The Morgan fingerprint density at radius 1 is 1.25 bits per heavy atom. The molecule has 0 aliphatic carbocycles. The second-order valence-corrected chi connectivity index (χ2v) is 3.84. The van der Waals surface area contributed by atoms with Crippen LogP contribution in [-0.4, -0.2) is 21.0 Å². The number of carboxylic acid groups (broad SMARTS) is 1. The molecule has 0 saturated carbocycles. The van der Waals surface area contributed by atoms with Gasteiger partial charge in [-0.05, 0) is 6.07 Å². The Morgan fingerprint density at radius 2 is 1.90 bits per heavy atom. The van der Waals surface area contributed by atoms with Gasteiger partial charge in [0.05, 0.1) is 17.5 Å². The first-order valence-corrected chi connectivity index (χ1v) is 5.33. The number of alkyl halides is 3. The highest BCUT2D eigenvalue weighted by molar-refractivity contribution is 5.90. The number of nitrogen functional groups attached to an aromatic ring is 1. The van der Waals surface area contributed by atoms with Crippen molar-refractivity contribution in [2.75, 3.05) is 5.73 Å². The molecule has 8 heteroatoms. The van der Waals surface area contributed by atoms with E-state index in [0.717, 1.165) is 12.3 Å². The number of halogens is 3. The van der Waals surface area contributed by atoms with Crippen molar-refractivity contribution in [3.05, 3.63) is 41.7 Å². The molecular formula is C12H8F3N3O2. The number of benzene rings is 1. The number of hydrogen-bond donors (Lipinski definition) is 2. The fourth-order valence-electron chi connectivity index (χ4n) is 1.64. The van der Waals surface area contributed by atoms with Gasteiger partial charge in [0.1, 0.15) is 0 Å². The first-order chi connectivity index (χ1) is 9.30. The fourth-order valence-corrected chi connectivity index (χ4v) is 1.64. The lowest BCUT2D eigenvalue weighted by Gasteiger charge is -2.12. The van der Waals surface area contributed by atoms with E-state index >= 15 is 0 Å². The van der Waals surface area contributed by atoms with Gasteiger partial charge < -0.3 is 10.8 Å². The van der Waals surface area contributed by atoms with Crippen molar-refractivity contribution in [3.63, 3.8) is 0 Å². The molecule has 3 N–H and O–H groups in total. The third kappa shape index (κ3) is 2.53. The molecule has 5 nitrogen and oxygen atoms in total. The zero-order chi connectivity index (χ0) is 14.9. The predicted molar refractivity (Wildman–Crippen MR) is 63.8 cm³/mol. The number of carboxylic acids is 1. The highest BCUT2D eigenvalue weighted by Gasteiger charge is 2.33. The maximum absolute atomic E-state index is 12.9. The van der Waals surface area contributed by atoms with Crippen LogP contribution < -0.4 is 5.73 Å². The molecule has 0 radical (unpaired) electrons. The summed E-state index contributed by atoms with van der Waals surface area (Å²) in [5.41, 5.74) is 3.35. The third-order valence-electron chi connectivity index (χ3n) is 2.51. The molecule has 0 atom stereocenters. The van der Waals surface area contributed by atoms with Gasteiger partial charge in [0.2, 0.25) is 0 Å². The topological polar surface area (TPSA) is 89.1 Å². The van der Waals surface area contributed by atoms with E-state index in [1.807, 2.05) is 0 Å². The standard InChI is InChI=1S/C12H8F3N3O2/c13-12(14,15)7-4-2-1-3-6(7)8-5-17-10(16)9(18-8)11(19)20/h1-5H,(H2,16,17)(H,19,20). The van der Waals surface area contributed by atoms with Crippen molar-refractivity contribution < 1.29 is 23.1 Å². The Balaban J connectivity index is 2.64. The lowest BCUT2D eigenvalue weighted by molar-refractivity contribution is -0.137. The minimum Gasteiger partial charge on any atom is -0.476 e. The SMILES string of the molecule is Nc1ncc(-c2ccccc2C(F)(F)F)nc1C(=O)O. The number of carbonyl (C=O) groups is 1. The molecule has 1 aromatic carbocycles. The monoisotopic (exact) mass is 283 g/mol. The van der Waals surface area contributed by atoms with Crippen LogP contribution in [0.3, 0.4) is 0 Å². The highest BCUT2D eigenvalue weighted by Crippen LogP contribution is 2.36. The van der Waals surface area contributed by atoms with E-state index in [9.17, 15) is 18.0 Å². The number of nitrogens with zero attached hydrogens (tertiary/aromatic N) is 2. The van der Waals surface area contributed by atoms with Crippen molar-refractivity contribution in [1.29, 1.82) is 0 Å². The molecule has 104 valence electrons. The Labute approximate surface area is 110 Å². The zero-order valence-electron chi connectivity index (χ0n) is 9.85. The van der Waals surface area contributed by atoms with Gasteiger partial charge in [-0.2, -0.15) is 13.2 Å². The van der Waals surface area contributed by atoms with Crippen molar-refractivity contribution in [2.45, 2.75) is 6.18 Å². The highest BCUT2D eigenvalue weighted by atomic mass is 19.4. The summed E-state index contributed by atoms with van der Waals surface area (Å²) in [6, 6.07) is 4.70. The molecule has 0 bridgehead atoms. The van der Waals surface area contributed by atoms with Crippen LogP contribution in [0.5, 0.6) is 0 Å². The van der Waals surface area contributed by atoms with Gasteiger partial charge in [-0.15, -0.1) is 0 Å². The maximum atomic E-state index is 12.9. The average Bonchev–Trinajstić information content (AvgIpc) is 2.38. The van der Waals surface area contributed by atoms with E-state index in [0.29, 0.717) is 0 Å². The zero-order valence-corrected chi connectivity index (χ0v) is 9.85. The molecule has 0 spiro atoms. The van der Waals surface area contributed by atoms with Gasteiger partial charge >= 0.3 is 12.1 Å². The summed E-state index contributed by atoms with van der Waals surface area (Å²) in [6.07, 6.45) is -3.57. The van der Waals surface area contributed by atoms with Crippen LogP contribution in [0.1, 0.15) is 16.1 Å². The molecule has 1 aromatic heterocycles. The average molecular weight is 283 g/mol. The number of anilines is 1. The van der Waals surface area contributed by atoms with Crippen LogP contribution in [0.4, 0.5) is 19.0 Å². The van der Waals surface area contributed by atoms with Crippen LogP contribution in [0.15, 0.2) is 30.5 Å².